The van der Waals surface area contributed by atoms with Gasteiger partial charge in [0.15, 0.2) is 0 Å². The van der Waals surface area contributed by atoms with Crippen LogP contribution in [-0.4, -0.2) is 12.0 Å². The first-order chi connectivity index (χ1) is 7.52. The maximum atomic E-state index is 10.8. The third kappa shape index (κ3) is 3.42. The SMILES string of the molecule is C=Cc1cc(CC(N)=O)ccc1OC(C)C. The number of amides is 1. The van der Waals surface area contributed by atoms with Crippen molar-refractivity contribution in [1.29, 1.82) is 0 Å². The van der Waals surface area contributed by atoms with Crippen molar-refractivity contribution < 1.29 is 9.53 Å². The average Bonchev–Trinajstić information content (AvgIpc) is 2.18. The highest BCUT2D eigenvalue weighted by Gasteiger charge is 2.06. The fraction of sp³-hybridized carbons (Fsp3) is 0.308. The lowest BCUT2D eigenvalue weighted by molar-refractivity contribution is -0.117. The lowest BCUT2D eigenvalue weighted by atomic mass is 10.1. The van der Waals surface area contributed by atoms with Crippen LogP contribution < -0.4 is 10.5 Å². The van der Waals surface area contributed by atoms with Crippen LogP contribution in [-0.2, 0) is 11.2 Å². The number of rotatable bonds is 5. The first-order valence-electron chi connectivity index (χ1n) is 5.23. The standard InChI is InChI=1S/C13H17NO2/c1-4-11-7-10(8-13(14)15)5-6-12(11)16-9(2)3/h4-7,9H,1,8H2,2-3H3,(H2,14,15). The van der Waals surface area contributed by atoms with E-state index < -0.39 is 0 Å². The molecule has 0 saturated heterocycles. The molecule has 1 amide bonds. The molecule has 0 atom stereocenters. The summed E-state index contributed by atoms with van der Waals surface area (Å²) >= 11 is 0. The van der Waals surface area contributed by atoms with Gasteiger partial charge in [0.05, 0.1) is 12.5 Å². The first kappa shape index (κ1) is 12.3. The number of hydrogen-bond donors (Lipinski definition) is 1. The van der Waals surface area contributed by atoms with E-state index >= 15 is 0 Å². The molecule has 0 aliphatic rings. The van der Waals surface area contributed by atoms with E-state index in [0.29, 0.717) is 0 Å². The Morgan fingerprint density at radius 1 is 1.56 bits per heavy atom. The van der Waals surface area contributed by atoms with E-state index in [2.05, 4.69) is 6.58 Å². The van der Waals surface area contributed by atoms with Crippen molar-refractivity contribution >= 4 is 12.0 Å². The van der Waals surface area contributed by atoms with Gasteiger partial charge in [-0.05, 0) is 31.5 Å². The molecular weight excluding hydrogens is 202 g/mol. The summed E-state index contributed by atoms with van der Waals surface area (Å²) in [6.45, 7) is 7.65. The van der Waals surface area contributed by atoms with Crippen molar-refractivity contribution in [3.8, 4) is 5.75 Å². The van der Waals surface area contributed by atoms with E-state index in [0.717, 1.165) is 16.9 Å². The van der Waals surface area contributed by atoms with E-state index in [-0.39, 0.29) is 18.4 Å². The molecule has 3 heteroatoms. The lowest BCUT2D eigenvalue weighted by Crippen LogP contribution is -2.14. The smallest absolute Gasteiger partial charge is 0.221 e. The number of carbonyl (C=O) groups excluding carboxylic acids is 1. The summed E-state index contributed by atoms with van der Waals surface area (Å²) in [5.41, 5.74) is 6.89. The van der Waals surface area contributed by atoms with Crippen LogP contribution in [0.3, 0.4) is 0 Å². The Morgan fingerprint density at radius 3 is 2.75 bits per heavy atom. The largest absolute Gasteiger partial charge is 0.490 e. The molecular formula is C13H17NO2. The molecule has 0 spiro atoms. The molecule has 0 aliphatic carbocycles. The molecule has 1 aromatic carbocycles. The van der Waals surface area contributed by atoms with Crippen molar-refractivity contribution in [2.45, 2.75) is 26.4 Å². The molecule has 2 N–H and O–H groups in total. The molecule has 0 aliphatic heterocycles. The van der Waals surface area contributed by atoms with Crippen molar-refractivity contribution in [3.05, 3.63) is 35.9 Å². The predicted molar refractivity (Wildman–Crippen MR) is 65.2 cm³/mol. The molecule has 0 saturated carbocycles. The van der Waals surface area contributed by atoms with Gasteiger partial charge in [-0.25, -0.2) is 0 Å². The minimum absolute atomic E-state index is 0.112. The summed E-state index contributed by atoms with van der Waals surface area (Å²) < 4.78 is 5.61. The molecule has 0 heterocycles. The number of benzene rings is 1. The summed E-state index contributed by atoms with van der Waals surface area (Å²) in [5, 5.41) is 0. The van der Waals surface area contributed by atoms with Crippen LogP contribution in [0.4, 0.5) is 0 Å². The highest BCUT2D eigenvalue weighted by atomic mass is 16.5. The zero-order chi connectivity index (χ0) is 12.1. The zero-order valence-electron chi connectivity index (χ0n) is 9.69. The van der Waals surface area contributed by atoms with Crippen molar-refractivity contribution in [2.75, 3.05) is 0 Å². The quantitative estimate of drug-likeness (QED) is 0.824. The first-order valence-corrected chi connectivity index (χ1v) is 5.23. The molecule has 1 rings (SSSR count). The van der Waals surface area contributed by atoms with Crippen LogP contribution in [0, 0.1) is 0 Å². The third-order valence-electron chi connectivity index (χ3n) is 2.04. The third-order valence-corrected chi connectivity index (χ3v) is 2.04. The van der Waals surface area contributed by atoms with Gasteiger partial charge in [-0.15, -0.1) is 0 Å². The van der Waals surface area contributed by atoms with E-state index in [4.69, 9.17) is 10.5 Å². The fourth-order valence-electron chi connectivity index (χ4n) is 1.43. The van der Waals surface area contributed by atoms with E-state index in [1.807, 2.05) is 32.0 Å². The minimum Gasteiger partial charge on any atom is -0.490 e. The minimum atomic E-state index is -0.340. The summed E-state index contributed by atoms with van der Waals surface area (Å²) in [6, 6.07) is 5.56. The highest BCUT2D eigenvalue weighted by molar-refractivity contribution is 5.77. The van der Waals surface area contributed by atoms with Gasteiger partial charge in [0.1, 0.15) is 5.75 Å². The van der Waals surface area contributed by atoms with Crippen LogP contribution in [0.15, 0.2) is 24.8 Å². The summed E-state index contributed by atoms with van der Waals surface area (Å²) in [5.74, 6) is 0.436. The molecule has 0 bridgehead atoms. The Morgan fingerprint density at radius 2 is 2.25 bits per heavy atom. The zero-order valence-corrected chi connectivity index (χ0v) is 9.69. The van der Waals surface area contributed by atoms with Gasteiger partial charge < -0.3 is 10.5 Å². The normalized spacial score (nSPS) is 10.2. The number of hydrogen-bond acceptors (Lipinski definition) is 2. The van der Waals surface area contributed by atoms with Gasteiger partial charge in [0.2, 0.25) is 5.91 Å². The molecule has 0 fully saturated rings. The van der Waals surface area contributed by atoms with Crippen LogP contribution in [0.25, 0.3) is 6.08 Å². The van der Waals surface area contributed by atoms with Gasteiger partial charge in [-0.3, -0.25) is 4.79 Å². The maximum absolute atomic E-state index is 10.8. The topological polar surface area (TPSA) is 52.3 Å². The average molecular weight is 219 g/mol. The Bertz CT molecular complexity index is 397. The Hall–Kier alpha value is -1.77. The molecule has 86 valence electrons. The van der Waals surface area contributed by atoms with Crippen LogP contribution >= 0.6 is 0 Å². The van der Waals surface area contributed by atoms with Gasteiger partial charge in [0, 0.05) is 5.56 Å². The van der Waals surface area contributed by atoms with Crippen LogP contribution in [0.1, 0.15) is 25.0 Å². The highest BCUT2D eigenvalue weighted by Crippen LogP contribution is 2.22. The summed E-state index contributed by atoms with van der Waals surface area (Å²) in [7, 11) is 0. The Balaban J connectivity index is 2.96. The fourth-order valence-corrected chi connectivity index (χ4v) is 1.43. The molecule has 0 radical (unpaired) electrons. The number of nitrogens with two attached hydrogens (primary N) is 1. The number of carbonyl (C=O) groups is 1. The molecule has 0 unspecified atom stereocenters. The second kappa shape index (κ2) is 5.35. The lowest BCUT2D eigenvalue weighted by Gasteiger charge is -2.13. The number of ether oxygens (including phenoxy) is 1. The summed E-state index contributed by atoms with van der Waals surface area (Å²) in [6.07, 6.45) is 2.06. The number of primary amides is 1. The molecule has 1 aromatic rings. The molecule has 0 aromatic heterocycles. The molecule has 16 heavy (non-hydrogen) atoms. The second-order valence-electron chi connectivity index (χ2n) is 3.89. The molecule has 3 nitrogen and oxygen atoms in total. The van der Waals surface area contributed by atoms with Crippen molar-refractivity contribution in [1.82, 2.24) is 0 Å². The van der Waals surface area contributed by atoms with E-state index in [9.17, 15) is 4.79 Å². The Kier molecular flexibility index (Phi) is 4.11. The summed E-state index contributed by atoms with van der Waals surface area (Å²) in [4.78, 5) is 10.8. The monoisotopic (exact) mass is 219 g/mol. The van der Waals surface area contributed by atoms with Crippen molar-refractivity contribution in [2.24, 2.45) is 5.73 Å². The van der Waals surface area contributed by atoms with Crippen LogP contribution in [0.5, 0.6) is 5.75 Å². The van der Waals surface area contributed by atoms with Gasteiger partial charge in [-0.2, -0.15) is 0 Å². The second-order valence-corrected chi connectivity index (χ2v) is 3.89. The van der Waals surface area contributed by atoms with Crippen molar-refractivity contribution in [3.63, 3.8) is 0 Å². The Labute approximate surface area is 95.9 Å². The van der Waals surface area contributed by atoms with Gasteiger partial charge >= 0.3 is 0 Å². The van der Waals surface area contributed by atoms with Crippen LogP contribution in [0.2, 0.25) is 0 Å². The van der Waals surface area contributed by atoms with E-state index in [1.54, 1.807) is 6.08 Å². The maximum Gasteiger partial charge on any atom is 0.221 e. The van der Waals surface area contributed by atoms with E-state index in [1.165, 1.54) is 0 Å². The van der Waals surface area contributed by atoms with Gasteiger partial charge in [-0.1, -0.05) is 18.7 Å². The van der Waals surface area contributed by atoms with Gasteiger partial charge in [0.25, 0.3) is 0 Å². The predicted octanol–water partition coefficient (Wildman–Crippen LogP) is 2.14.